The Morgan fingerprint density at radius 2 is 1.86 bits per heavy atom. The molecule has 0 bridgehead atoms. The molecule has 2 aromatic carbocycles. The third kappa shape index (κ3) is 4.47. The Bertz CT molecular complexity index is 727. The van der Waals surface area contributed by atoms with E-state index in [1.807, 2.05) is 31.2 Å². The molecule has 0 saturated carbocycles. The molecule has 0 heterocycles. The molecule has 0 radical (unpaired) electrons. The normalized spacial score (nSPS) is 12.8. The molecule has 0 aliphatic rings. The van der Waals surface area contributed by atoms with Gasteiger partial charge in [0.15, 0.2) is 0 Å². The zero-order chi connectivity index (χ0) is 16.2. The third-order valence-corrected chi connectivity index (χ3v) is 4.64. The molecular formula is C16H20N2O3S. The van der Waals surface area contributed by atoms with E-state index in [-0.39, 0.29) is 17.5 Å². The lowest BCUT2D eigenvalue weighted by atomic mass is 10.2. The fraction of sp³-hybridized carbons (Fsp3) is 0.250. The van der Waals surface area contributed by atoms with Crippen molar-refractivity contribution in [3.8, 4) is 5.75 Å². The monoisotopic (exact) mass is 320 g/mol. The fourth-order valence-corrected chi connectivity index (χ4v) is 3.17. The van der Waals surface area contributed by atoms with Crippen LogP contribution in [0.25, 0.3) is 0 Å². The second-order valence-corrected chi connectivity index (χ2v) is 6.93. The van der Waals surface area contributed by atoms with Gasteiger partial charge in [-0.2, -0.15) is 0 Å². The SMILES string of the molecule is Cc1cccc(OCC(C)NS(=O)(=O)c2ccc(N)cc2)c1. The van der Waals surface area contributed by atoms with Crippen LogP contribution in [0.15, 0.2) is 53.4 Å². The molecule has 6 heteroatoms. The van der Waals surface area contributed by atoms with Crippen molar-refractivity contribution in [1.82, 2.24) is 4.72 Å². The summed E-state index contributed by atoms with van der Waals surface area (Å²) in [7, 11) is -3.57. The van der Waals surface area contributed by atoms with E-state index >= 15 is 0 Å². The van der Waals surface area contributed by atoms with Crippen molar-refractivity contribution in [2.45, 2.75) is 24.8 Å². The number of ether oxygens (including phenoxy) is 1. The predicted molar refractivity (Wildman–Crippen MR) is 87.3 cm³/mol. The average molecular weight is 320 g/mol. The van der Waals surface area contributed by atoms with E-state index in [0.29, 0.717) is 5.69 Å². The number of nitrogen functional groups attached to an aromatic ring is 1. The van der Waals surface area contributed by atoms with E-state index in [2.05, 4.69) is 4.72 Å². The van der Waals surface area contributed by atoms with Crippen molar-refractivity contribution < 1.29 is 13.2 Å². The lowest BCUT2D eigenvalue weighted by molar-refractivity contribution is 0.287. The highest BCUT2D eigenvalue weighted by molar-refractivity contribution is 7.89. The Balaban J connectivity index is 1.96. The molecule has 1 unspecified atom stereocenters. The summed E-state index contributed by atoms with van der Waals surface area (Å²) in [5.74, 6) is 0.721. The van der Waals surface area contributed by atoms with Gasteiger partial charge in [0.05, 0.1) is 10.9 Å². The van der Waals surface area contributed by atoms with Crippen molar-refractivity contribution >= 4 is 15.7 Å². The van der Waals surface area contributed by atoms with Crippen molar-refractivity contribution in [3.63, 3.8) is 0 Å². The highest BCUT2D eigenvalue weighted by Crippen LogP contribution is 2.14. The van der Waals surface area contributed by atoms with Crippen molar-refractivity contribution in [3.05, 3.63) is 54.1 Å². The molecule has 2 aromatic rings. The van der Waals surface area contributed by atoms with E-state index in [0.717, 1.165) is 11.3 Å². The van der Waals surface area contributed by atoms with E-state index < -0.39 is 10.0 Å². The number of sulfonamides is 1. The zero-order valence-electron chi connectivity index (χ0n) is 12.6. The minimum absolute atomic E-state index is 0.184. The number of hydrogen-bond donors (Lipinski definition) is 2. The van der Waals surface area contributed by atoms with Gasteiger partial charge < -0.3 is 10.5 Å². The first kappa shape index (κ1) is 16.3. The number of anilines is 1. The Labute approximate surface area is 131 Å². The second kappa shape index (κ2) is 6.81. The summed E-state index contributed by atoms with van der Waals surface area (Å²) < 4.78 is 32.6. The molecule has 0 fully saturated rings. The van der Waals surface area contributed by atoms with Crippen molar-refractivity contribution in [2.75, 3.05) is 12.3 Å². The van der Waals surface area contributed by atoms with Crippen LogP contribution in [0.2, 0.25) is 0 Å². The minimum atomic E-state index is -3.57. The van der Waals surface area contributed by atoms with Crippen LogP contribution in [0, 0.1) is 6.92 Å². The number of hydrogen-bond acceptors (Lipinski definition) is 4. The molecule has 0 saturated heterocycles. The molecule has 22 heavy (non-hydrogen) atoms. The smallest absolute Gasteiger partial charge is 0.240 e. The van der Waals surface area contributed by atoms with Crippen LogP contribution >= 0.6 is 0 Å². The number of rotatable bonds is 6. The second-order valence-electron chi connectivity index (χ2n) is 5.22. The third-order valence-electron chi connectivity index (χ3n) is 3.04. The van der Waals surface area contributed by atoms with Gasteiger partial charge >= 0.3 is 0 Å². The van der Waals surface area contributed by atoms with Crippen LogP contribution in [-0.2, 0) is 10.0 Å². The van der Waals surface area contributed by atoms with Crippen molar-refractivity contribution in [1.29, 1.82) is 0 Å². The van der Waals surface area contributed by atoms with E-state index in [1.165, 1.54) is 12.1 Å². The average Bonchev–Trinajstić information content (AvgIpc) is 2.45. The Kier molecular flexibility index (Phi) is 5.05. The molecule has 3 N–H and O–H groups in total. The summed E-state index contributed by atoms with van der Waals surface area (Å²) in [5.41, 5.74) is 7.17. The highest BCUT2D eigenvalue weighted by atomic mass is 32.2. The van der Waals surface area contributed by atoms with Gasteiger partial charge in [0.1, 0.15) is 12.4 Å². The van der Waals surface area contributed by atoms with Crippen LogP contribution in [0.1, 0.15) is 12.5 Å². The quantitative estimate of drug-likeness (QED) is 0.800. The summed E-state index contributed by atoms with van der Waals surface area (Å²) in [6.45, 7) is 3.97. The topological polar surface area (TPSA) is 81.4 Å². The van der Waals surface area contributed by atoms with Gasteiger partial charge in [0.2, 0.25) is 10.0 Å². The summed E-state index contributed by atoms with van der Waals surface area (Å²) in [6.07, 6.45) is 0. The van der Waals surface area contributed by atoms with Gasteiger partial charge in [-0.25, -0.2) is 13.1 Å². The number of nitrogens with two attached hydrogens (primary N) is 1. The molecular weight excluding hydrogens is 300 g/mol. The molecule has 0 amide bonds. The molecule has 2 rings (SSSR count). The van der Waals surface area contributed by atoms with Crippen LogP contribution in [-0.4, -0.2) is 21.1 Å². The lowest BCUT2D eigenvalue weighted by Crippen LogP contribution is -2.36. The van der Waals surface area contributed by atoms with Crippen LogP contribution in [0.5, 0.6) is 5.75 Å². The Hall–Kier alpha value is -2.05. The number of nitrogens with one attached hydrogen (secondary N) is 1. The molecule has 0 aromatic heterocycles. The highest BCUT2D eigenvalue weighted by Gasteiger charge is 2.17. The Morgan fingerprint density at radius 1 is 1.18 bits per heavy atom. The summed E-state index contributed by atoms with van der Waals surface area (Å²) in [5, 5.41) is 0. The first-order chi connectivity index (χ1) is 10.4. The Morgan fingerprint density at radius 3 is 2.50 bits per heavy atom. The molecule has 5 nitrogen and oxygen atoms in total. The summed E-state index contributed by atoms with van der Waals surface area (Å²) in [4.78, 5) is 0.184. The van der Waals surface area contributed by atoms with Gasteiger partial charge in [-0.3, -0.25) is 0 Å². The molecule has 118 valence electrons. The largest absolute Gasteiger partial charge is 0.492 e. The molecule has 0 aliphatic heterocycles. The van der Waals surface area contributed by atoms with Gasteiger partial charge in [0, 0.05) is 5.69 Å². The summed E-state index contributed by atoms with van der Waals surface area (Å²) in [6, 6.07) is 13.3. The van der Waals surface area contributed by atoms with E-state index in [9.17, 15) is 8.42 Å². The maximum atomic E-state index is 12.2. The van der Waals surface area contributed by atoms with Crippen LogP contribution < -0.4 is 15.2 Å². The maximum Gasteiger partial charge on any atom is 0.240 e. The van der Waals surface area contributed by atoms with Gasteiger partial charge in [0.25, 0.3) is 0 Å². The maximum absolute atomic E-state index is 12.2. The molecule has 0 spiro atoms. The zero-order valence-corrected chi connectivity index (χ0v) is 13.4. The number of benzene rings is 2. The first-order valence-corrected chi connectivity index (χ1v) is 8.42. The van der Waals surface area contributed by atoms with Gasteiger partial charge in [-0.05, 0) is 55.8 Å². The lowest BCUT2D eigenvalue weighted by Gasteiger charge is -2.15. The summed E-state index contributed by atoms with van der Waals surface area (Å²) >= 11 is 0. The predicted octanol–water partition coefficient (Wildman–Crippen LogP) is 2.32. The van der Waals surface area contributed by atoms with E-state index in [4.69, 9.17) is 10.5 Å². The first-order valence-electron chi connectivity index (χ1n) is 6.94. The van der Waals surface area contributed by atoms with E-state index in [1.54, 1.807) is 19.1 Å². The number of aryl methyl sites for hydroxylation is 1. The van der Waals surface area contributed by atoms with Crippen molar-refractivity contribution in [2.24, 2.45) is 0 Å². The molecule has 1 atom stereocenters. The van der Waals surface area contributed by atoms with Crippen LogP contribution in [0.4, 0.5) is 5.69 Å². The van der Waals surface area contributed by atoms with Gasteiger partial charge in [-0.15, -0.1) is 0 Å². The van der Waals surface area contributed by atoms with Crippen LogP contribution in [0.3, 0.4) is 0 Å². The molecule has 0 aliphatic carbocycles. The standard InChI is InChI=1S/C16H20N2O3S/c1-12-4-3-5-15(10-12)21-11-13(2)18-22(19,20)16-8-6-14(17)7-9-16/h3-10,13,18H,11,17H2,1-2H3. The fourth-order valence-electron chi connectivity index (χ4n) is 1.94. The van der Waals surface area contributed by atoms with Gasteiger partial charge in [-0.1, -0.05) is 12.1 Å². The minimum Gasteiger partial charge on any atom is -0.492 e.